The van der Waals surface area contributed by atoms with Crippen LogP contribution in [-0.2, 0) is 0 Å². The highest BCUT2D eigenvalue weighted by Crippen LogP contribution is 2.27. The number of pyridine rings is 1. The monoisotopic (exact) mass is 295 g/mol. The van der Waals surface area contributed by atoms with Crippen LogP contribution in [0.3, 0.4) is 0 Å². The van der Waals surface area contributed by atoms with Crippen LogP contribution in [0.15, 0.2) is 12.3 Å². The van der Waals surface area contributed by atoms with Gasteiger partial charge in [-0.25, -0.2) is 4.98 Å². The van der Waals surface area contributed by atoms with E-state index in [4.69, 9.17) is 11.6 Å². The molecule has 1 saturated carbocycles. The third kappa shape index (κ3) is 3.85. The van der Waals surface area contributed by atoms with E-state index in [1.807, 2.05) is 0 Å². The maximum Gasteiger partial charge on any atom is 0.252 e. The number of halogens is 1. The average molecular weight is 296 g/mol. The van der Waals surface area contributed by atoms with Crippen LogP contribution < -0.4 is 10.6 Å². The second-order valence-corrected chi connectivity index (χ2v) is 6.05. The molecule has 0 aromatic carbocycles. The van der Waals surface area contributed by atoms with Crippen molar-refractivity contribution in [2.24, 2.45) is 11.8 Å². The van der Waals surface area contributed by atoms with E-state index in [2.05, 4.69) is 22.5 Å². The molecule has 1 aromatic heterocycles. The molecular formula is C15H22ClN3O. The van der Waals surface area contributed by atoms with Crippen LogP contribution in [0.2, 0.25) is 5.02 Å². The summed E-state index contributed by atoms with van der Waals surface area (Å²) in [5, 5.41) is 6.33. The Morgan fingerprint density at radius 3 is 2.70 bits per heavy atom. The van der Waals surface area contributed by atoms with E-state index in [0.717, 1.165) is 12.5 Å². The number of carbonyl (C=O) groups excluding carboxylic acids is 1. The van der Waals surface area contributed by atoms with Crippen molar-refractivity contribution >= 4 is 23.3 Å². The lowest BCUT2D eigenvalue weighted by Gasteiger charge is -2.26. The number of carbonyl (C=O) groups is 1. The number of rotatable bonds is 4. The van der Waals surface area contributed by atoms with Gasteiger partial charge in [-0.2, -0.15) is 0 Å². The van der Waals surface area contributed by atoms with Crippen LogP contribution in [0.25, 0.3) is 0 Å². The Hall–Kier alpha value is -1.29. The summed E-state index contributed by atoms with van der Waals surface area (Å²) >= 11 is 6.03. The van der Waals surface area contributed by atoms with E-state index >= 15 is 0 Å². The molecule has 1 aliphatic carbocycles. The standard InChI is InChI=1S/C15H22ClN3O/c1-10-3-5-11(6-4-10)8-19-15(20)12-7-13(16)14(17-2)18-9-12/h7,9-11H,3-6,8H2,1-2H3,(H,17,18)(H,19,20). The SMILES string of the molecule is CNc1ncc(C(=O)NCC2CCC(C)CC2)cc1Cl. The largest absolute Gasteiger partial charge is 0.372 e. The van der Waals surface area contributed by atoms with Crippen molar-refractivity contribution in [3.8, 4) is 0 Å². The summed E-state index contributed by atoms with van der Waals surface area (Å²) in [5.74, 6) is 1.93. The number of nitrogens with one attached hydrogen (secondary N) is 2. The van der Waals surface area contributed by atoms with Gasteiger partial charge in [0, 0.05) is 19.8 Å². The molecule has 5 heteroatoms. The van der Waals surface area contributed by atoms with E-state index in [1.165, 1.54) is 25.7 Å². The first-order chi connectivity index (χ1) is 9.60. The lowest BCUT2D eigenvalue weighted by molar-refractivity contribution is 0.0941. The van der Waals surface area contributed by atoms with E-state index in [9.17, 15) is 4.79 Å². The fraction of sp³-hybridized carbons (Fsp3) is 0.600. The van der Waals surface area contributed by atoms with Crippen LogP contribution in [0, 0.1) is 11.8 Å². The lowest BCUT2D eigenvalue weighted by atomic mass is 9.83. The summed E-state index contributed by atoms with van der Waals surface area (Å²) in [6, 6.07) is 1.65. The predicted molar refractivity (Wildman–Crippen MR) is 82.2 cm³/mol. The van der Waals surface area contributed by atoms with Crippen molar-refractivity contribution in [2.75, 3.05) is 18.9 Å². The van der Waals surface area contributed by atoms with Gasteiger partial charge < -0.3 is 10.6 Å². The Kier molecular flexibility index (Phi) is 5.24. The van der Waals surface area contributed by atoms with Gasteiger partial charge in [-0.15, -0.1) is 0 Å². The highest BCUT2D eigenvalue weighted by Gasteiger charge is 2.19. The molecule has 0 radical (unpaired) electrons. The Labute approximate surface area is 125 Å². The summed E-state index contributed by atoms with van der Waals surface area (Å²) in [5.41, 5.74) is 0.512. The number of amides is 1. The molecule has 110 valence electrons. The molecule has 2 N–H and O–H groups in total. The minimum absolute atomic E-state index is 0.0966. The zero-order valence-electron chi connectivity index (χ0n) is 12.1. The van der Waals surface area contributed by atoms with Gasteiger partial charge in [-0.3, -0.25) is 4.79 Å². The number of aromatic nitrogens is 1. The van der Waals surface area contributed by atoms with E-state index in [1.54, 1.807) is 19.3 Å². The molecule has 2 rings (SSSR count). The molecule has 0 saturated heterocycles. The topological polar surface area (TPSA) is 54.0 Å². The first kappa shape index (κ1) is 15.1. The smallest absolute Gasteiger partial charge is 0.252 e. The van der Waals surface area contributed by atoms with Crippen molar-refractivity contribution in [2.45, 2.75) is 32.6 Å². The zero-order valence-corrected chi connectivity index (χ0v) is 12.8. The normalized spacial score (nSPS) is 22.4. The fourth-order valence-corrected chi connectivity index (χ4v) is 2.88. The molecule has 1 fully saturated rings. The quantitative estimate of drug-likeness (QED) is 0.896. The van der Waals surface area contributed by atoms with E-state index in [-0.39, 0.29) is 5.91 Å². The van der Waals surface area contributed by atoms with Crippen LogP contribution in [-0.4, -0.2) is 24.5 Å². The second kappa shape index (κ2) is 6.93. The second-order valence-electron chi connectivity index (χ2n) is 5.64. The van der Waals surface area contributed by atoms with Crippen molar-refractivity contribution in [1.29, 1.82) is 0 Å². The molecular weight excluding hydrogens is 274 g/mol. The van der Waals surface area contributed by atoms with Crippen LogP contribution in [0.5, 0.6) is 0 Å². The number of hydrogen-bond donors (Lipinski definition) is 2. The van der Waals surface area contributed by atoms with Gasteiger partial charge >= 0.3 is 0 Å². The number of nitrogens with zero attached hydrogens (tertiary/aromatic N) is 1. The Morgan fingerprint density at radius 2 is 2.10 bits per heavy atom. The van der Waals surface area contributed by atoms with Gasteiger partial charge in [0.1, 0.15) is 5.82 Å². The molecule has 1 heterocycles. The minimum Gasteiger partial charge on any atom is -0.372 e. The molecule has 0 bridgehead atoms. The molecule has 1 aromatic rings. The fourth-order valence-electron chi connectivity index (χ4n) is 2.62. The maximum atomic E-state index is 12.1. The first-order valence-corrected chi connectivity index (χ1v) is 7.59. The molecule has 0 atom stereocenters. The van der Waals surface area contributed by atoms with Crippen LogP contribution in [0.4, 0.5) is 5.82 Å². The molecule has 0 aliphatic heterocycles. The van der Waals surface area contributed by atoms with Crippen molar-refractivity contribution in [1.82, 2.24) is 10.3 Å². The van der Waals surface area contributed by atoms with Crippen molar-refractivity contribution in [3.63, 3.8) is 0 Å². The van der Waals surface area contributed by atoms with Gasteiger partial charge in [0.05, 0.1) is 10.6 Å². The summed E-state index contributed by atoms with van der Waals surface area (Å²) in [6.45, 7) is 3.04. The van der Waals surface area contributed by atoms with E-state index in [0.29, 0.717) is 22.3 Å². The highest BCUT2D eigenvalue weighted by molar-refractivity contribution is 6.33. The third-order valence-electron chi connectivity index (χ3n) is 4.03. The Morgan fingerprint density at radius 1 is 1.40 bits per heavy atom. The summed E-state index contributed by atoms with van der Waals surface area (Å²) < 4.78 is 0. The number of anilines is 1. The van der Waals surface area contributed by atoms with E-state index < -0.39 is 0 Å². The van der Waals surface area contributed by atoms with Gasteiger partial charge in [-0.1, -0.05) is 31.4 Å². The molecule has 1 aliphatic rings. The number of hydrogen-bond acceptors (Lipinski definition) is 3. The van der Waals surface area contributed by atoms with Gasteiger partial charge in [0.15, 0.2) is 0 Å². The maximum absolute atomic E-state index is 12.1. The molecule has 20 heavy (non-hydrogen) atoms. The van der Waals surface area contributed by atoms with Gasteiger partial charge in [0.2, 0.25) is 0 Å². The molecule has 1 amide bonds. The Balaban J connectivity index is 1.87. The van der Waals surface area contributed by atoms with Crippen molar-refractivity contribution in [3.05, 3.63) is 22.8 Å². The summed E-state index contributed by atoms with van der Waals surface area (Å²) in [6.07, 6.45) is 6.50. The third-order valence-corrected chi connectivity index (χ3v) is 4.32. The molecule has 0 unspecified atom stereocenters. The minimum atomic E-state index is -0.0966. The van der Waals surface area contributed by atoms with Crippen LogP contribution in [0.1, 0.15) is 43.0 Å². The Bertz CT molecular complexity index is 470. The summed E-state index contributed by atoms with van der Waals surface area (Å²) in [4.78, 5) is 16.2. The molecule has 4 nitrogen and oxygen atoms in total. The molecule has 0 spiro atoms. The van der Waals surface area contributed by atoms with Gasteiger partial charge in [-0.05, 0) is 30.7 Å². The highest BCUT2D eigenvalue weighted by atomic mass is 35.5. The van der Waals surface area contributed by atoms with Crippen molar-refractivity contribution < 1.29 is 4.79 Å². The average Bonchev–Trinajstić information content (AvgIpc) is 2.46. The van der Waals surface area contributed by atoms with Gasteiger partial charge in [0.25, 0.3) is 5.91 Å². The predicted octanol–water partition coefficient (Wildman–Crippen LogP) is 3.33. The van der Waals surface area contributed by atoms with Crippen LogP contribution >= 0.6 is 11.6 Å². The lowest BCUT2D eigenvalue weighted by Crippen LogP contribution is -2.31. The first-order valence-electron chi connectivity index (χ1n) is 7.21. The summed E-state index contributed by atoms with van der Waals surface area (Å²) in [7, 11) is 1.75. The zero-order chi connectivity index (χ0) is 14.5.